The first-order valence-electron chi connectivity index (χ1n) is 5.90. The standard InChI is InChI=1S/C12H15F3N2O2/c1-7-10(19)9(8(6-18)4-16-7)5-17-11(2-3-11)12(13,14)15/h4,17-19H,2-3,5-6H2,1H3. The molecule has 2 rings (SSSR count). The van der Waals surface area contributed by atoms with Crippen molar-refractivity contribution in [3.8, 4) is 5.75 Å². The predicted molar refractivity (Wildman–Crippen MR) is 61.4 cm³/mol. The number of rotatable bonds is 4. The molecule has 1 saturated carbocycles. The summed E-state index contributed by atoms with van der Waals surface area (Å²) in [5.74, 6) is -0.169. The van der Waals surface area contributed by atoms with Crippen LogP contribution in [0.25, 0.3) is 0 Å². The second-order valence-electron chi connectivity index (χ2n) is 4.79. The zero-order chi connectivity index (χ0) is 14.3. The molecule has 4 nitrogen and oxygen atoms in total. The fourth-order valence-corrected chi connectivity index (χ4v) is 1.96. The van der Waals surface area contributed by atoms with Gasteiger partial charge in [0.25, 0.3) is 0 Å². The van der Waals surface area contributed by atoms with E-state index in [-0.39, 0.29) is 37.3 Å². The number of nitrogens with one attached hydrogen (secondary N) is 1. The minimum absolute atomic E-state index is 0.0375. The van der Waals surface area contributed by atoms with Crippen LogP contribution in [0.2, 0.25) is 0 Å². The van der Waals surface area contributed by atoms with Crippen molar-refractivity contribution < 1.29 is 23.4 Å². The van der Waals surface area contributed by atoms with Crippen molar-refractivity contribution in [2.24, 2.45) is 0 Å². The molecule has 1 aliphatic carbocycles. The largest absolute Gasteiger partial charge is 0.506 e. The lowest BCUT2D eigenvalue weighted by atomic mass is 10.1. The summed E-state index contributed by atoms with van der Waals surface area (Å²) in [5, 5.41) is 21.4. The molecule has 0 spiro atoms. The van der Waals surface area contributed by atoms with Crippen LogP contribution in [0.1, 0.15) is 29.7 Å². The minimum Gasteiger partial charge on any atom is -0.506 e. The Balaban J connectivity index is 2.19. The number of hydrogen-bond donors (Lipinski definition) is 3. The van der Waals surface area contributed by atoms with Crippen molar-refractivity contribution in [1.29, 1.82) is 0 Å². The fourth-order valence-electron chi connectivity index (χ4n) is 1.96. The van der Waals surface area contributed by atoms with E-state index in [9.17, 15) is 18.3 Å². The second-order valence-corrected chi connectivity index (χ2v) is 4.79. The maximum absolute atomic E-state index is 12.8. The monoisotopic (exact) mass is 276 g/mol. The third-order valence-corrected chi connectivity index (χ3v) is 3.50. The van der Waals surface area contributed by atoms with Gasteiger partial charge in [-0.15, -0.1) is 0 Å². The fraction of sp³-hybridized carbons (Fsp3) is 0.583. The van der Waals surface area contributed by atoms with Crippen molar-refractivity contribution >= 4 is 0 Å². The van der Waals surface area contributed by atoms with Gasteiger partial charge in [-0.1, -0.05) is 0 Å². The molecule has 3 N–H and O–H groups in total. The number of aliphatic hydroxyl groups excluding tert-OH is 1. The van der Waals surface area contributed by atoms with Crippen LogP contribution >= 0.6 is 0 Å². The van der Waals surface area contributed by atoms with Gasteiger partial charge >= 0.3 is 6.18 Å². The number of aromatic nitrogens is 1. The van der Waals surface area contributed by atoms with Crippen molar-refractivity contribution in [2.45, 2.75) is 44.6 Å². The Labute approximate surface area is 108 Å². The van der Waals surface area contributed by atoms with Gasteiger partial charge in [-0.3, -0.25) is 10.3 Å². The SMILES string of the molecule is Cc1ncc(CO)c(CNC2(C(F)(F)F)CC2)c1O. The van der Waals surface area contributed by atoms with Crippen LogP contribution in [0, 0.1) is 6.92 Å². The van der Waals surface area contributed by atoms with Crippen molar-refractivity contribution in [2.75, 3.05) is 0 Å². The van der Waals surface area contributed by atoms with E-state index in [4.69, 9.17) is 5.11 Å². The van der Waals surface area contributed by atoms with E-state index < -0.39 is 11.7 Å². The highest BCUT2D eigenvalue weighted by atomic mass is 19.4. The number of aliphatic hydroxyl groups is 1. The van der Waals surface area contributed by atoms with Gasteiger partial charge in [0.05, 0.1) is 12.3 Å². The first-order chi connectivity index (χ1) is 8.81. The van der Waals surface area contributed by atoms with E-state index in [0.717, 1.165) is 0 Å². The summed E-state index contributed by atoms with van der Waals surface area (Å²) >= 11 is 0. The molecule has 1 fully saturated rings. The second kappa shape index (κ2) is 4.64. The number of nitrogens with zero attached hydrogens (tertiary/aromatic N) is 1. The molecule has 0 amide bonds. The summed E-state index contributed by atoms with van der Waals surface area (Å²) in [7, 11) is 0. The first kappa shape index (κ1) is 14.1. The minimum atomic E-state index is -4.30. The molecule has 0 unspecified atom stereocenters. The van der Waals surface area contributed by atoms with Crippen LogP contribution in [-0.2, 0) is 13.2 Å². The zero-order valence-electron chi connectivity index (χ0n) is 10.4. The van der Waals surface area contributed by atoms with E-state index in [2.05, 4.69) is 10.3 Å². The Morgan fingerprint density at radius 1 is 1.42 bits per heavy atom. The summed E-state index contributed by atoms with van der Waals surface area (Å²) in [6.45, 7) is 1.03. The average molecular weight is 276 g/mol. The number of aromatic hydroxyl groups is 1. The van der Waals surface area contributed by atoms with Gasteiger partial charge in [-0.05, 0) is 19.8 Å². The topological polar surface area (TPSA) is 65.4 Å². The first-order valence-corrected chi connectivity index (χ1v) is 5.90. The molecule has 0 radical (unpaired) electrons. The molecule has 1 aliphatic rings. The van der Waals surface area contributed by atoms with E-state index >= 15 is 0 Å². The molecule has 1 aromatic rings. The third-order valence-electron chi connectivity index (χ3n) is 3.50. The maximum Gasteiger partial charge on any atom is 0.406 e. The smallest absolute Gasteiger partial charge is 0.406 e. The van der Waals surface area contributed by atoms with Gasteiger partial charge in [0.15, 0.2) is 0 Å². The van der Waals surface area contributed by atoms with Crippen molar-refractivity contribution in [3.63, 3.8) is 0 Å². The molecule has 0 aromatic carbocycles. The Morgan fingerprint density at radius 2 is 2.05 bits per heavy atom. The lowest BCUT2D eigenvalue weighted by molar-refractivity contribution is -0.166. The summed E-state index contributed by atoms with van der Waals surface area (Å²) in [6, 6.07) is 0. The molecule has 0 aliphatic heterocycles. The lowest BCUT2D eigenvalue weighted by Gasteiger charge is -2.22. The van der Waals surface area contributed by atoms with E-state index in [1.807, 2.05) is 0 Å². The molecule has 106 valence electrons. The molecular weight excluding hydrogens is 261 g/mol. The predicted octanol–water partition coefficient (Wildman–Crippen LogP) is 1.77. The highest BCUT2D eigenvalue weighted by Crippen LogP contribution is 2.49. The molecular formula is C12H15F3N2O2. The summed E-state index contributed by atoms with van der Waals surface area (Å²) in [5.41, 5.74) is -0.923. The van der Waals surface area contributed by atoms with Crippen LogP contribution in [0.15, 0.2) is 6.20 Å². The summed E-state index contributed by atoms with van der Waals surface area (Å²) in [4.78, 5) is 3.86. The molecule has 0 bridgehead atoms. The molecule has 1 aromatic heterocycles. The Bertz CT molecular complexity index is 485. The highest BCUT2D eigenvalue weighted by Gasteiger charge is 2.63. The molecule has 19 heavy (non-hydrogen) atoms. The molecule has 0 atom stereocenters. The zero-order valence-corrected chi connectivity index (χ0v) is 10.4. The maximum atomic E-state index is 12.8. The van der Waals surface area contributed by atoms with E-state index in [0.29, 0.717) is 11.3 Å². The molecule has 7 heteroatoms. The van der Waals surface area contributed by atoms with Gasteiger partial charge in [-0.25, -0.2) is 0 Å². The van der Waals surface area contributed by atoms with Gasteiger partial charge in [0.1, 0.15) is 11.3 Å². The quantitative estimate of drug-likeness (QED) is 0.784. The van der Waals surface area contributed by atoms with Gasteiger partial charge < -0.3 is 10.2 Å². The van der Waals surface area contributed by atoms with Gasteiger partial charge in [0, 0.05) is 23.9 Å². The van der Waals surface area contributed by atoms with E-state index in [1.165, 1.54) is 6.20 Å². The lowest BCUT2D eigenvalue weighted by Crippen LogP contribution is -2.44. The van der Waals surface area contributed by atoms with Crippen molar-refractivity contribution in [1.82, 2.24) is 10.3 Å². The Hall–Kier alpha value is -1.34. The average Bonchev–Trinajstić information content (AvgIpc) is 3.11. The van der Waals surface area contributed by atoms with Crippen LogP contribution in [0.3, 0.4) is 0 Å². The summed E-state index contributed by atoms with van der Waals surface area (Å²) in [6.07, 6.45) is -2.87. The molecule has 1 heterocycles. The van der Waals surface area contributed by atoms with Crippen LogP contribution in [-0.4, -0.2) is 26.9 Å². The van der Waals surface area contributed by atoms with Gasteiger partial charge in [-0.2, -0.15) is 13.2 Å². The van der Waals surface area contributed by atoms with Crippen LogP contribution in [0.4, 0.5) is 13.2 Å². The number of aryl methyl sites for hydroxylation is 1. The van der Waals surface area contributed by atoms with Crippen molar-refractivity contribution in [3.05, 3.63) is 23.0 Å². The van der Waals surface area contributed by atoms with Crippen LogP contribution < -0.4 is 5.32 Å². The summed E-state index contributed by atoms with van der Waals surface area (Å²) < 4.78 is 38.3. The number of hydrogen-bond acceptors (Lipinski definition) is 4. The number of alkyl halides is 3. The van der Waals surface area contributed by atoms with E-state index in [1.54, 1.807) is 6.92 Å². The Kier molecular flexibility index (Phi) is 3.44. The Morgan fingerprint density at radius 3 is 2.53 bits per heavy atom. The van der Waals surface area contributed by atoms with Gasteiger partial charge in [0.2, 0.25) is 0 Å². The third kappa shape index (κ3) is 2.52. The normalized spacial score (nSPS) is 17.5. The highest BCUT2D eigenvalue weighted by molar-refractivity contribution is 5.40. The molecule has 0 saturated heterocycles. The van der Waals surface area contributed by atoms with Crippen LogP contribution in [0.5, 0.6) is 5.75 Å². The number of pyridine rings is 1. The number of halogens is 3.